The summed E-state index contributed by atoms with van der Waals surface area (Å²) in [6.07, 6.45) is 4.63. The quantitative estimate of drug-likeness (QED) is 0.497. The van der Waals surface area contributed by atoms with Crippen molar-refractivity contribution in [1.29, 1.82) is 0 Å². The minimum atomic E-state index is 0.201. The van der Waals surface area contributed by atoms with E-state index in [-0.39, 0.29) is 6.17 Å². The molecule has 0 fully saturated rings. The summed E-state index contributed by atoms with van der Waals surface area (Å²) in [5.41, 5.74) is 0.627. The van der Waals surface area contributed by atoms with E-state index in [2.05, 4.69) is 15.1 Å². The predicted molar refractivity (Wildman–Crippen MR) is 30.8 cm³/mol. The second-order valence-electron chi connectivity index (χ2n) is 1.60. The average molecular weight is 121 g/mol. The lowest BCUT2D eigenvalue weighted by Gasteiger charge is -1.84. The third kappa shape index (κ3) is 0.561. The van der Waals surface area contributed by atoms with Crippen LogP contribution in [-0.2, 0) is 0 Å². The van der Waals surface area contributed by atoms with Crippen molar-refractivity contribution in [2.45, 2.75) is 0 Å². The third-order valence-corrected chi connectivity index (χ3v) is 1.03. The lowest BCUT2D eigenvalue weighted by atomic mass is 10.6. The Kier molecular flexibility index (Phi) is 0.597. The van der Waals surface area contributed by atoms with Crippen molar-refractivity contribution >= 4 is 5.52 Å². The van der Waals surface area contributed by atoms with Crippen molar-refractivity contribution in [1.82, 2.24) is 19.6 Å². The highest BCUT2D eigenvalue weighted by Crippen LogP contribution is 1.92. The fourth-order valence-electron chi connectivity index (χ4n) is 0.637. The van der Waals surface area contributed by atoms with E-state index < -0.39 is 0 Å². The number of aromatic nitrogens is 4. The van der Waals surface area contributed by atoms with Crippen LogP contribution in [0, 0.1) is 0 Å². The normalized spacial score (nSPS) is 11.8. The Balaban J connectivity index is 2.95. The molecule has 0 N–H and O–H groups in total. The molecule has 0 bridgehead atoms. The van der Waals surface area contributed by atoms with E-state index in [1.807, 2.05) is 0 Å². The molecule has 44 valence electrons. The molecule has 2 heterocycles. The van der Waals surface area contributed by atoms with Gasteiger partial charge in [-0.15, -0.1) is 0 Å². The van der Waals surface area contributed by atoms with E-state index in [0.717, 1.165) is 0 Å². The number of hydrogen-bond donors (Lipinski definition) is 0. The van der Waals surface area contributed by atoms with Crippen molar-refractivity contribution in [2.24, 2.45) is 0 Å². The Morgan fingerprint density at radius 3 is 3.44 bits per heavy atom. The number of fused-ring (bicyclic) bond motifs is 1. The Morgan fingerprint density at radius 1 is 1.56 bits per heavy atom. The van der Waals surface area contributed by atoms with Gasteiger partial charge in [0.15, 0.2) is 0 Å². The summed E-state index contributed by atoms with van der Waals surface area (Å²) in [5, 5.41) is 3.83. The SMILES string of the molecule is [2H]c1ncnn2cncc12. The smallest absolute Gasteiger partial charge is 0.136 e. The fourth-order valence-corrected chi connectivity index (χ4v) is 0.637. The first-order chi connectivity index (χ1) is 4.88. The van der Waals surface area contributed by atoms with Gasteiger partial charge in [0.1, 0.15) is 18.2 Å². The number of imidazole rings is 1. The van der Waals surface area contributed by atoms with Crippen LogP contribution >= 0.6 is 0 Å². The van der Waals surface area contributed by atoms with Gasteiger partial charge in [0.2, 0.25) is 0 Å². The van der Waals surface area contributed by atoms with Crippen molar-refractivity contribution in [3.05, 3.63) is 25.0 Å². The molecule has 4 heteroatoms. The largest absolute Gasteiger partial charge is 0.242 e. The topological polar surface area (TPSA) is 43.1 Å². The van der Waals surface area contributed by atoms with Crippen LogP contribution in [0.2, 0.25) is 0 Å². The average Bonchev–Trinajstić information content (AvgIpc) is 2.36. The molecule has 0 atom stereocenters. The summed E-state index contributed by atoms with van der Waals surface area (Å²) < 4.78 is 8.78. The van der Waals surface area contributed by atoms with Crippen molar-refractivity contribution in [3.63, 3.8) is 0 Å². The molecule has 0 aliphatic carbocycles. The second-order valence-corrected chi connectivity index (χ2v) is 1.60. The molecular formula is C5H4N4. The number of rotatable bonds is 0. The monoisotopic (exact) mass is 121 g/mol. The third-order valence-electron chi connectivity index (χ3n) is 1.03. The number of hydrogen-bond acceptors (Lipinski definition) is 3. The van der Waals surface area contributed by atoms with Crippen LogP contribution in [0.5, 0.6) is 0 Å². The summed E-state index contributed by atoms with van der Waals surface area (Å²) in [6, 6.07) is 0. The van der Waals surface area contributed by atoms with Crippen LogP contribution in [0.4, 0.5) is 0 Å². The second kappa shape index (κ2) is 1.51. The molecule has 0 unspecified atom stereocenters. The van der Waals surface area contributed by atoms with E-state index in [1.54, 1.807) is 6.20 Å². The molecule has 9 heavy (non-hydrogen) atoms. The van der Waals surface area contributed by atoms with Gasteiger partial charge in [0.25, 0.3) is 0 Å². The first kappa shape index (κ1) is 3.55. The standard InChI is InChI=1S/C5H4N4/c1-5-2-7-4-9(5)8-3-6-1/h1-4H/i1D. The molecule has 2 aromatic heterocycles. The zero-order chi connectivity index (χ0) is 6.97. The summed E-state index contributed by atoms with van der Waals surface area (Å²) in [7, 11) is 0. The van der Waals surface area contributed by atoms with E-state index in [4.69, 9.17) is 1.37 Å². The maximum absolute atomic E-state index is 7.27. The van der Waals surface area contributed by atoms with Gasteiger partial charge in [0, 0.05) is 0 Å². The Morgan fingerprint density at radius 2 is 2.56 bits per heavy atom. The van der Waals surface area contributed by atoms with Crippen LogP contribution in [0.25, 0.3) is 5.52 Å². The molecule has 4 nitrogen and oxygen atoms in total. The van der Waals surface area contributed by atoms with Gasteiger partial charge in [-0.2, -0.15) is 5.10 Å². The Labute approximate surface area is 52.6 Å². The maximum atomic E-state index is 7.27. The molecule has 2 aromatic rings. The lowest BCUT2D eigenvalue weighted by molar-refractivity contribution is 0.892. The van der Waals surface area contributed by atoms with E-state index in [9.17, 15) is 0 Å². The molecule has 0 saturated carbocycles. The van der Waals surface area contributed by atoms with Gasteiger partial charge in [0.05, 0.1) is 13.7 Å². The van der Waals surface area contributed by atoms with Gasteiger partial charge < -0.3 is 0 Å². The summed E-state index contributed by atoms with van der Waals surface area (Å²) in [6.45, 7) is 0. The van der Waals surface area contributed by atoms with Gasteiger partial charge in [-0.25, -0.2) is 14.5 Å². The number of nitrogens with zero attached hydrogens (tertiary/aromatic N) is 4. The highest BCUT2D eigenvalue weighted by molar-refractivity contribution is 5.39. The summed E-state index contributed by atoms with van der Waals surface area (Å²) in [5.74, 6) is 0. The van der Waals surface area contributed by atoms with Crippen molar-refractivity contribution in [2.75, 3.05) is 0 Å². The first-order valence-corrected chi connectivity index (χ1v) is 2.48. The maximum Gasteiger partial charge on any atom is 0.136 e. The predicted octanol–water partition coefficient (Wildman–Crippen LogP) is 0.124. The molecule has 0 aromatic carbocycles. The zero-order valence-corrected chi connectivity index (χ0v) is 4.52. The van der Waals surface area contributed by atoms with Crippen LogP contribution in [0.15, 0.2) is 25.0 Å². The summed E-state index contributed by atoms with van der Waals surface area (Å²) >= 11 is 0. The Bertz CT molecular complexity index is 355. The molecule has 0 spiro atoms. The van der Waals surface area contributed by atoms with Gasteiger partial charge in [-0.05, 0) is 0 Å². The van der Waals surface area contributed by atoms with Crippen LogP contribution < -0.4 is 0 Å². The molecule has 0 saturated heterocycles. The van der Waals surface area contributed by atoms with E-state index in [1.165, 1.54) is 17.2 Å². The minimum absolute atomic E-state index is 0.201. The molecule has 0 amide bonds. The van der Waals surface area contributed by atoms with Gasteiger partial charge in [-0.3, -0.25) is 0 Å². The zero-order valence-electron chi connectivity index (χ0n) is 5.52. The van der Waals surface area contributed by atoms with E-state index >= 15 is 0 Å². The van der Waals surface area contributed by atoms with Crippen molar-refractivity contribution in [3.8, 4) is 0 Å². The first-order valence-electron chi connectivity index (χ1n) is 2.98. The highest BCUT2D eigenvalue weighted by atomic mass is 15.3. The van der Waals surface area contributed by atoms with Crippen LogP contribution in [-0.4, -0.2) is 19.6 Å². The molecule has 0 aliphatic rings. The van der Waals surface area contributed by atoms with Gasteiger partial charge >= 0.3 is 0 Å². The molecule has 0 aliphatic heterocycles. The fraction of sp³-hybridized carbons (Fsp3) is 0. The summed E-state index contributed by atoms with van der Waals surface area (Å²) in [4.78, 5) is 7.48. The van der Waals surface area contributed by atoms with Crippen molar-refractivity contribution < 1.29 is 1.37 Å². The van der Waals surface area contributed by atoms with E-state index in [0.29, 0.717) is 5.52 Å². The lowest BCUT2D eigenvalue weighted by Crippen LogP contribution is -1.87. The highest BCUT2D eigenvalue weighted by Gasteiger charge is 1.87. The molecule has 0 radical (unpaired) electrons. The minimum Gasteiger partial charge on any atom is -0.242 e. The molecule has 2 rings (SSSR count). The Hall–Kier alpha value is -1.45. The van der Waals surface area contributed by atoms with Crippen LogP contribution in [0.1, 0.15) is 1.37 Å². The van der Waals surface area contributed by atoms with Crippen LogP contribution in [0.3, 0.4) is 0 Å². The molecular weight excluding hydrogens is 116 g/mol. The van der Waals surface area contributed by atoms with Gasteiger partial charge in [-0.1, -0.05) is 0 Å².